The standard InChI is InChI=1S/C28H37N5O6/c1-4-19(5-2)17-30-24(34)18-33-16-10-14-23(28(33)38)32-27(37)22(13-8-9-15-25(35)39-3)31-26(36)20-11-6-7-12-21(20)29/h6-7,9-12,14-16,19,22H,4-5,8,13,17-18,29H2,1-3H3,(H,30,34)(H,31,36)(H,32,37)/b15-9+/t22-/m0/s1. The van der Waals surface area contributed by atoms with Gasteiger partial charge < -0.3 is 31.0 Å². The molecule has 11 heteroatoms. The predicted octanol–water partition coefficient (Wildman–Crippen LogP) is 2.23. The van der Waals surface area contributed by atoms with E-state index in [-0.39, 0.29) is 42.2 Å². The second kappa shape index (κ2) is 15.8. The summed E-state index contributed by atoms with van der Waals surface area (Å²) in [4.78, 5) is 62.7. The Morgan fingerprint density at radius 2 is 1.79 bits per heavy atom. The van der Waals surface area contributed by atoms with Crippen LogP contribution in [0.5, 0.6) is 0 Å². The SMILES string of the molecule is CCC(CC)CNC(=O)Cn1cccc(NC(=O)[C@H](CC/C=C/C(=O)OC)NC(=O)c2ccccc2N)c1=O. The molecule has 11 nitrogen and oxygen atoms in total. The van der Waals surface area contributed by atoms with E-state index >= 15 is 0 Å². The molecule has 0 aliphatic carbocycles. The van der Waals surface area contributed by atoms with E-state index in [1.165, 1.54) is 42.2 Å². The highest BCUT2D eigenvalue weighted by molar-refractivity contribution is 6.03. The summed E-state index contributed by atoms with van der Waals surface area (Å²) in [6, 6.07) is 8.33. The highest BCUT2D eigenvalue weighted by Gasteiger charge is 2.23. The largest absolute Gasteiger partial charge is 0.466 e. The first-order valence-corrected chi connectivity index (χ1v) is 12.9. The first-order chi connectivity index (χ1) is 18.7. The molecule has 1 atom stereocenters. The number of para-hydroxylation sites is 1. The molecule has 0 saturated heterocycles. The molecule has 0 unspecified atom stereocenters. The van der Waals surface area contributed by atoms with Crippen molar-refractivity contribution >= 4 is 35.1 Å². The molecule has 210 valence electrons. The van der Waals surface area contributed by atoms with Gasteiger partial charge in [-0.05, 0) is 43.0 Å². The summed E-state index contributed by atoms with van der Waals surface area (Å²) >= 11 is 0. The van der Waals surface area contributed by atoms with Crippen molar-refractivity contribution in [3.05, 3.63) is 70.7 Å². The van der Waals surface area contributed by atoms with E-state index in [2.05, 4.69) is 34.5 Å². The van der Waals surface area contributed by atoms with Crippen LogP contribution in [0.2, 0.25) is 0 Å². The number of hydrogen-bond donors (Lipinski definition) is 4. The van der Waals surface area contributed by atoms with Crippen LogP contribution in [-0.2, 0) is 25.7 Å². The van der Waals surface area contributed by atoms with Crippen molar-refractivity contribution in [1.82, 2.24) is 15.2 Å². The Morgan fingerprint density at radius 3 is 2.46 bits per heavy atom. The van der Waals surface area contributed by atoms with E-state index in [4.69, 9.17) is 5.73 Å². The number of methoxy groups -OCH3 is 1. The smallest absolute Gasteiger partial charge is 0.330 e. The number of carbonyl (C=O) groups excluding carboxylic acids is 4. The van der Waals surface area contributed by atoms with Gasteiger partial charge in [0.1, 0.15) is 18.3 Å². The Labute approximate surface area is 227 Å². The van der Waals surface area contributed by atoms with Gasteiger partial charge in [0.25, 0.3) is 11.5 Å². The molecule has 0 fully saturated rings. The molecule has 0 aliphatic heterocycles. The van der Waals surface area contributed by atoms with Crippen LogP contribution >= 0.6 is 0 Å². The average molecular weight is 540 g/mol. The minimum atomic E-state index is -1.06. The molecule has 1 aromatic carbocycles. The van der Waals surface area contributed by atoms with Crippen LogP contribution in [0, 0.1) is 5.92 Å². The predicted molar refractivity (Wildman–Crippen MR) is 149 cm³/mol. The van der Waals surface area contributed by atoms with E-state index in [9.17, 15) is 24.0 Å². The molecule has 0 spiro atoms. The van der Waals surface area contributed by atoms with Crippen molar-refractivity contribution in [2.24, 2.45) is 5.92 Å². The zero-order valence-electron chi connectivity index (χ0n) is 22.6. The minimum Gasteiger partial charge on any atom is -0.466 e. The Balaban J connectivity index is 2.16. The fourth-order valence-electron chi connectivity index (χ4n) is 3.74. The third-order valence-electron chi connectivity index (χ3n) is 6.24. The maximum atomic E-state index is 13.2. The topological polar surface area (TPSA) is 162 Å². The van der Waals surface area contributed by atoms with Crippen molar-refractivity contribution in [2.75, 3.05) is 24.7 Å². The number of ether oxygens (including phenoxy) is 1. The number of anilines is 2. The van der Waals surface area contributed by atoms with Gasteiger partial charge in [-0.25, -0.2) is 4.79 Å². The Morgan fingerprint density at radius 1 is 1.08 bits per heavy atom. The van der Waals surface area contributed by atoms with Crippen LogP contribution in [-0.4, -0.2) is 48.0 Å². The average Bonchev–Trinajstić information content (AvgIpc) is 2.93. The third kappa shape index (κ3) is 9.76. The van der Waals surface area contributed by atoms with Crippen LogP contribution in [0.3, 0.4) is 0 Å². The molecule has 5 N–H and O–H groups in total. The van der Waals surface area contributed by atoms with E-state index < -0.39 is 29.4 Å². The molecule has 2 rings (SSSR count). The molecular weight excluding hydrogens is 502 g/mol. The third-order valence-corrected chi connectivity index (χ3v) is 6.24. The van der Waals surface area contributed by atoms with Crippen molar-refractivity contribution in [2.45, 2.75) is 52.1 Å². The summed E-state index contributed by atoms with van der Waals surface area (Å²) in [5.41, 5.74) is 5.73. The highest BCUT2D eigenvalue weighted by Crippen LogP contribution is 2.12. The number of pyridine rings is 1. The van der Waals surface area contributed by atoms with Gasteiger partial charge >= 0.3 is 5.97 Å². The molecule has 0 radical (unpaired) electrons. The number of amides is 3. The number of aromatic nitrogens is 1. The number of esters is 1. The van der Waals surface area contributed by atoms with Gasteiger partial charge in [-0.2, -0.15) is 0 Å². The van der Waals surface area contributed by atoms with Crippen molar-refractivity contribution in [3.8, 4) is 0 Å². The van der Waals surface area contributed by atoms with E-state index in [1.54, 1.807) is 24.3 Å². The summed E-state index contributed by atoms with van der Waals surface area (Å²) in [7, 11) is 1.25. The fraction of sp³-hybridized carbons (Fsp3) is 0.393. The van der Waals surface area contributed by atoms with Crippen molar-refractivity contribution in [3.63, 3.8) is 0 Å². The molecule has 2 aromatic rings. The molecule has 1 heterocycles. The molecule has 0 bridgehead atoms. The van der Waals surface area contributed by atoms with Crippen molar-refractivity contribution in [1.29, 1.82) is 0 Å². The number of nitrogens with one attached hydrogen (secondary N) is 3. The van der Waals surface area contributed by atoms with Gasteiger partial charge in [-0.1, -0.05) is 44.9 Å². The number of nitrogens with zero attached hydrogens (tertiary/aromatic N) is 1. The van der Waals surface area contributed by atoms with E-state index in [0.717, 1.165) is 12.8 Å². The lowest BCUT2D eigenvalue weighted by molar-refractivity contribution is -0.134. The number of nitrogen functional groups attached to an aromatic ring is 1. The second-order valence-electron chi connectivity index (χ2n) is 8.95. The Bertz CT molecular complexity index is 1230. The first-order valence-electron chi connectivity index (χ1n) is 12.9. The molecule has 39 heavy (non-hydrogen) atoms. The van der Waals surface area contributed by atoms with Gasteiger partial charge in [0.05, 0.1) is 12.7 Å². The minimum absolute atomic E-state index is 0.0427. The van der Waals surface area contributed by atoms with Crippen LogP contribution < -0.4 is 27.2 Å². The van der Waals surface area contributed by atoms with Crippen LogP contribution in [0.1, 0.15) is 49.9 Å². The molecule has 1 aromatic heterocycles. The molecule has 0 saturated carbocycles. The normalized spacial score (nSPS) is 11.7. The molecule has 0 aliphatic rings. The number of rotatable bonds is 14. The molecule has 3 amide bonds. The quantitative estimate of drug-likeness (QED) is 0.163. The zero-order chi connectivity index (χ0) is 28.8. The van der Waals surface area contributed by atoms with Gasteiger partial charge in [0.2, 0.25) is 11.8 Å². The van der Waals surface area contributed by atoms with Crippen LogP contribution in [0.4, 0.5) is 11.4 Å². The van der Waals surface area contributed by atoms with Crippen LogP contribution in [0.15, 0.2) is 59.5 Å². The lowest BCUT2D eigenvalue weighted by atomic mass is 10.0. The number of allylic oxidation sites excluding steroid dienone is 1. The zero-order valence-corrected chi connectivity index (χ0v) is 22.6. The summed E-state index contributed by atoms with van der Waals surface area (Å²) < 4.78 is 5.76. The van der Waals surface area contributed by atoms with Gasteiger partial charge in [-0.15, -0.1) is 0 Å². The van der Waals surface area contributed by atoms with Gasteiger partial charge in [-0.3, -0.25) is 19.2 Å². The van der Waals surface area contributed by atoms with Crippen molar-refractivity contribution < 1.29 is 23.9 Å². The van der Waals surface area contributed by atoms with Crippen LogP contribution in [0.25, 0.3) is 0 Å². The number of benzene rings is 1. The lowest BCUT2D eigenvalue weighted by Gasteiger charge is -2.19. The fourth-order valence-corrected chi connectivity index (χ4v) is 3.74. The maximum absolute atomic E-state index is 13.2. The summed E-state index contributed by atoms with van der Waals surface area (Å²) in [6.45, 7) is 4.43. The first kappa shape index (κ1) is 30.8. The summed E-state index contributed by atoms with van der Waals surface area (Å²) in [5.74, 6) is -1.71. The lowest BCUT2D eigenvalue weighted by Crippen LogP contribution is -2.45. The van der Waals surface area contributed by atoms with E-state index in [1.807, 2.05) is 0 Å². The monoisotopic (exact) mass is 539 g/mol. The number of nitrogens with two attached hydrogens (primary N) is 1. The summed E-state index contributed by atoms with van der Waals surface area (Å²) in [5, 5.41) is 8.04. The Kier molecular flexibility index (Phi) is 12.4. The maximum Gasteiger partial charge on any atom is 0.330 e. The van der Waals surface area contributed by atoms with Gasteiger partial charge in [0.15, 0.2) is 0 Å². The van der Waals surface area contributed by atoms with E-state index in [0.29, 0.717) is 12.5 Å². The highest BCUT2D eigenvalue weighted by atomic mass is 16.5. The summed E-state index contributed by atoms with van der Waals surface area (Å²) in [6.07, 6.45) is 6.45. The molecular formula is C28H37N5O6. The second-order valence-corrected chi connectivity index (χ2v) is 8.95. The Hall–Kier alpha value is -4.41. The van der Waals surface area contributed by atoms with Gasteiger partial charge in [0, 0.05) is 24.5 Å². The number of hydrogen-bond acceptors (Lipinski definition) is 7. The number of carbonyl (C=O) groups is 4.